The lowest BCUT2D eigenvalue weighted by atomic mass is 10.0. The Hall–Kier alpha value is -3.71. The van der Waals surface area contributed by atoms with E-state index in [4.69, 9.17) is 42.1 Å². The number of halogens is 2. The summed E-state index contributed by atoms with van der Waals surface area (Å²) < 4.78 is 22.8. The number of thiophene rings is 1. The van der Waals surface area contributed by atoms with E-state index in [0.29, 0.717) is 50.7 Å². The summed E-state index contributed by atoms with van der Waals surface area (Å²) in [6, 6.07) is 18.0. The molecule has 2 aromatic carbocycles. The third-order valence-corrected chi connectivity index (χ3v) is 9.96. The molecule has 3 atom stereocenters. The highest BCUT2D eigenvalue weighted by Gasteiger charge is 2.28. The number of likely N-dealkylation sites (N-methyl/N-ethyl adjacent to an activating group) is 1. The predicted octanol–water partition coefficient (Wildman–Crippen LogP) is 6.32. The first kappa shape index (κ1) is 37.1. The molecule has 4 aromatic rings. The zero-order valence-electron chi connectivity index (χ0n) is 26.9. The summed E-state index contributed by atoms with van der Waals surface area (Å²) in [5.74, 6) is 0.207. The number of nitrogens with zero attached hydrogens (tertiary/aromatic N) is 1. The van der Waals surface area contributed by atoms with Gasteiger partial charge in [-0.2, -0.15) is 0 Å². The molecule has 2 aromatic heterocycles. The topological polar surface area (TPSA) is 130 Å². The molecule has 0 spiro atoms. The van der Waals surface area contributed by atoms with Crippen LogP contribution >= 0.6 is 34.5 Å². The number of esters is 2. The van der Waals surface area contributed by atoms with E-state index in [0.717, 1.165) is 29.8 Å². The smallest absolute Gasteiger partial charge is 0.348 e. The van der Waals surface area contributed by atoms with Gasteiger partial charge in [0.05, 0.1) is 14.2 Å². The van der Waals surface area contributed by atoms with Crippen LogP contribution in [0.3, 0.4) is 0 Å². The van der Waals surface area contributed by atoms with E-state index in [-0.39, 0.29) is 23.9 Å². The molecule has 1 aliphatic heterocycles. The molecule has 3 heterocycles. The maximum absolute atomic E-state index is 13.5. The number of H-pyrrole nitrogens is 1. The van der Waals surface area contributed by atoms with Gasteiger partial charge in [0.2, 0.25) is 0 Å². The molecule has 0 radical (unpaired) electrons. The third-order valence-electron chi connectivity index (χ3n) is 8.22. The fraction of sp³-hybridized carbons (Fsp3) is 0.343. The van der Waals surface area contributed by atoms with Gasteiger partial charge < -0.3 is 29.3 Å². The highest BCUT2D eigenvalue weighted by Crippen LogP contribution is 2.36. The van der Waals surface area contributed by atoms with Gasteiger partial charge in [-0.25, -0.2) is 14.6 Å². The zero-order chi connectivity index (χ0) is 33.3. The molecule has 1 fully saturated rings. The van der Waals surface area contributed by atoms with Crippen LogP contribution in [0.15, 0.2) is 73.1 Å². The lowest BCUT2D eigenvalue weighted by Gasteiger charge is -2.22. The van der Waals surface area contributed by atoms with E-state index in [2.05, 4.69) is 22.2 Å². The lowest BCUT2D eigenvalue weighted by molar-refractivity contribution is -0.377. The second kappa shape index (κ2) is 17.6. The number of hydrogen-bond acceptors (Lipinski definition) is 10. The van der Waals surface area contributed by atoms with Crippen LogP contribution in [0.25, 0.3) is 0 Å². The van der Waals surface area contributed by atoms with E-state index in [1.54, 1.807) is 44.8 Å². The van der Waals surface area contributed by atoms with Crippen LogP contribution in [-0.4, -0.2) is 62.8 Å². The summed E-state index contributed by atoms with van der Waals surface area (Å²) >= 11 is 14.2. The van der Waals surface area contributed by atoms with Crippen LogP contribution in [0.4, 0.5) is 0 Å². The molecule has 0 amide bonds. The summed E-state index contributed by atoms with van der Waals surface area (Å²) in [5, 5.41) is 4.18. The SMILES string of the molecule is COc1ccc([C@H](Cc2c(Cl)c[nH+]cc2Cl)OC(=O)c2ccc(CNC(C(=O)OC[C@@H]3CCCN3C)c3ccccc3)s2)cc1OC.[OH-]. The van der Waals surface area contributed by atoms with Crippen molar-refractivity contribution in [1.29, 1.82) is 0 Å². The van der Waals surface area contributed by atoms with Crippen molar-refractivity contribution in [3.8, 4) is 11.5 Å². The number of rotatable bonds is 14. The molecule has 0 bridgehead atoms. The fourth-order valence-electron chi connectivity index (χ4n) is 5.54. The normalized spacial score (nSPS) is 15.6. The second-order valence-electron chi connectivity index (χ2n) is 11.2. The summed E-state index contributed by atoms with van der Waals surface area (Å²) in [6.45, 7) is 1.71. The van der Waals surface area contributed by atoms with Crippen LogP contribution in [0, 0.1) is 0 Å². The van der Waals surface area contributed by atoms with Gasteiger partial charge in [-0.15, -0.1) is 11.3 Å². The van der Waals surface area contributed by atoms with Gasteiger partial charge in [0.25, 0.3) is 0 Å². The molecular weight excluding hydrogens is 677 g/mol. The van der Waals surface area contributed by atoms with Crippen LogP contribution in [-0.2, 0) is 27.2 Å². The Labute approximate surface area is 294 Å². The molecule has 0 aliphatic carbocycles. The zero-order valence-corrected chi connectivity index (χ0v) is 29.2. The number of aromatic amines is 1. The molecule has 256 valence electrons. The number of ether oxygens (including phenoxy) is 4. The van der Waals surface area contributed by atoms with E-state index < -0.39 is 18.1 Å². The number of pyridine rings is 1. The Morgan fingerprint density at radius 2 is 1.73 bits per heavy atom. The minimum Gasteiger partial charge on any atom is -0.870 e. The minimum absolute atomic E-state index is 0. The third kappa shape index (κ3) is 9.25. The molecule has 13 heteroatoms. The monoisotopic (exact) mass is 715 g/mol. The number of methoxy groups -OCH3 is 2. The van der Waals surface area contributed by atoms with Gasteiger partial charge >= 0.3 is 11.9 Å². The Morgan fingerprint density at radius 1 is 1.00 bits per heavy atom. The summed E-state index contributed by atoms with van der Waals surface area (Å²) in [4.78, 5) is 33.2. The largest absolute Gasteiger partial charge is 0.870 e. The van der Waals surface area contributed by atoms with E-state index in [1.807, 2.05) is 42.5 Å². The number of nitrogens with one attached hydrogen (secondary N) is 2. The Balaban J connectivity index is 0.00000520. The van der Waals surface area contributed by atoms with Crippen LogP contribution in [0.5, 0.6) is 11.5 Å². The first-order valence-electron chi connectivity index (χ1n) is 15.3. The van der Waals surface area contributed by atoms with Gasteiger partial charge in [-0.05, 0) is 61.8 Å². The second-order valence-corrected chi connectivity index (χ2v) is 13.2. The molecule has 1 aliphatic rings. The number of carbonyl (C=O) groups excluding carboxylic acids is 2. The van der Waals surface area contributed by atoms with E-state index >= 15 is 0 Å². The number of aromatic nitrogens is 1. The number of carbonyl (C=O) groups is 2. The summed E-state index contributed by atoms with van der Waals surface area (Å²) in [7, 11) is 5.15. The molecule has 10 nitrogen and oxygen atoms in total. The molecule has 5 rings (SSSR count). The molecular formula is C35H39Cl2N3O7S. The first-order valence-corrected chi connectivity index (χ1v) is 16.9. The summed E-state index contributed by atoms with van der Waals surface area (Å²) in [6.07, 6.45) is 4.85. The van der Waals surface area contributed by atoms with Crippen molar-refractivity contribution in [2.24, 2.45) is 0 Å². The van der Waals surface area contributed by atoms with Gasteiger partial charge in [-0.1, -0.05) is 59.6 Å². The highest BCUT2D eigenvalue weighted by molar-refractivity contribution is 7.13. The highest BCUT2D eigenvalue weighted by atomic mass is 35.5. The van der Waals surface area contributed by atoms with Crippen molar-refractivity contribution in [3.05, 3.63) is 110 Å². The van der Waals surface area contributed by atoms with Crippen molar-refractivity contribution in [2.75, 3.05) is 34.4 Å². The Bertz CT molecular complexity index is 1650. The quantitative estimate of drug-likeness (QED) is 0.149. The van der Waals surface area contributed by atoms with Crippen molar-refractivity contribution in [3.63, 3.8) is 0 Å². The number of likely N-dealkylation sites (tertiary alicyclic amines) is 1. The standard InChI is InChI=1S/C35H37Cl2N3O6S.H2O/c1-40-15-7-10-24(40)21-45-35(42)33(22-8-5-4-6-9-22)39-18-25-12-14-32(47-25)34(41)46-30(17-26-27(36)19-38-20-28(26)37)23-11-13-29(43-2)31(16-23)44-3;/h4-6,8-9,11-14,16,19-20,24,30,33,39H,7,10,15,17-18,21H2,1-3H3;1H2/t24-,30-,33?;/m0./s1. The Morgan fingerprint density at radius 3 is 2.40 bits per heavy atom. The fourth-order valence-corrected chi connectivity index (χ4v) is 6.92. The number of hydrogen-bond donors (Lipinski definition) is 1. The maximum Gasteiger partial charge on any atom is 0.348 e. The molecule has 1 saturated heterocycles. The van der Waals surface area contributed by atoms with Crippen molar-refractivity contribution in [1.82, 2.24) is 10.2 Å². The van der Waals surface area contributed by atoms with Crippen molar-refractivity contribution >= 4 is 46.5 Å². The average molecular weight is 717 g/mol. The van der Waals surface area contributed by atoms with E-state index in [9.17, 15) is 9.59 Å². The van der Waals surface area contributed by atoms with E-state index in [1.165, 1.54) is 11.3 Å². The average Bonchev–Trinajstić information content (AvgIpc) is 3.74. The Kier molecular flexibility index (Phi) is 13.6. The first-order chi connectivity index (χ1) is 22.8. The van der Waals surface area contributed by atoms with Crippen LogP contribution in [0.2, 0.25) is 10.0 Å². The molecule has 48 heavy (non-hydrogen) atoms. The number of benzene rings is 2. The molecule has 1 unspecified atom stereocenters. The lowest BCUT2D eigenvalue weighted by Crippen LogP contribution is -2.34. The van der Waals surface area contributed by atoms with Gasteiger partial charge in [-0.3, -0.25) is 5.32 Å². The van der Waals surface area contributed by atoms with Gasteiger partial charge in [0.15, 0.2) is 23.9 Å². The minimum atomic E-state index is -0.737. The van der Waals surface area contributed by atoms with Crippen molar-refractivity contribution in [2.45, 2.75) is 44.0 Å². The molecule has 0 saturated carbocycles. The van der Waals surface area contributed by atoms with Crippen LogP contribution < -0.4 is 19.8 Å². The van der Waals surface area contributed by atoms with Gasteiger partial charge in [0, 0.05) is 29.4 Å². The maximum atomic E-state index is 13.5. The van der Waals surface area contributed by atoms with Crippen LogP contribution in [0.1, 0.15) is 56.2 Å². The summed E-state index contributed by atoms with van der Waals surface area (Å²) in [5.41, 5.74) is 2.12. The van der Waals surface area contributed by atoms with Gasteiger partial charge in [0.1, 0.15) is 33.7 Å². The predicted molar refractivity (Wildman–Crippen MR) is 183 cm³/mol. The van der Waals surface area contributed by atoms with Crippen molar-refractivity contribution < 1.29 is 39.0 Å². The molecule has 3 N–H and O–H groups in total.